The molecule has 2 N–H and O–H groups in total. The molecule has 1 aliphatic rings. The molecule has 0 aliphatic heterocycles. The van der Waals surface area contributed by atoms with Gasteiger partial charge in [-0.15, -0.1) is 0 Å². The van der Waals surface area contributed by atoms with Gasteiger partial charge in [0.1, 0.15) is 31.3 Å². The van der Waals surface area contributed by atoms with Gasteiger partial charge in [0, 0.05) is 45.2 Å². The highest BCUT2D eigenvalue weighted by molar-refractivity contribution is 6.37. The number of carboxylic acid groups (broad SMARTS) is 1. The number of ether oxygens (including phenoxy) is 4. The first-order valence-electron chi connectivity index (χ1n) is 17.4. The average Bonchev–Trinajstić information content (AvgIpc) is 3.97. The van der Waals surface area contributed by atoms with Crippen molar-refractivity contribution >= 4 is 35.2 Å². The number of methoxy groups -OCH3 is 1. The van der Waals surface area contributed by atoms with Gasteiger partial charge in [0.25, 0.3) is 0 Å². The van der Waals surface area contributed by atoms with Crippen LogP contribution in [0.1, 0.15) is 47.1 Å². The molecule has 4 aromatic rings. The van der Waals surface area contributed by atoms with Crippen LogP contribution in [0.3, 0.4) is 0 Å². The van der Waals surface area contributed by atoms with Gasteiger partial charge in [-0.25, -0.2) is 4.79 Å². The molecule has 52 heavy (non-hydrogen) atoms. The lowest BCUT2D eigenvalue weighted by atomic mass is 9.97. The lowest BCUT2D eigenvalue weighted by molar-refractivity contribution is -0.136. The maximum Gasteiger partial charge on any atom is 0.404 e. The number of aryl methyl sites for hydroxylation is 2. The number of pyridine rings is 1. The van der Waals surface area contributed by atoms with Gasteiger partial charge in [-0.1, -0.05) is 41.4 Å². The van der Waals surface area contributed by atoms with Crippen molar-refractivity contribution in [2.75, 3.05) is 33.5 Å². The molecule has 0 bridgehead atoms. The van der Waals surface area contributed by atoms with Gasteiger partial charge in [0.15, 0.2) is 5.75 Å². The second-order valence-corrected chi connectivity index (χ2v) is 13.7. The molecule has 1 aliphatic carbocycles. The van der Waals surface area contributed by atoms with Crippen molar-refractivity contribution in [2.45, 2.75) is 58.2 Å². The van der Waals surface area contributed by atoms with Crippen molar-refractivity contribution in [2.24, 2.45) is 5.92 Å². The molecular formula is C40H45Cl2N3O7. The van der Waals surface area contributed by atoms with Crippen molar-refractivity contribution in [1.29, 1.82) is 0 Å². The minimum atomic E-state index is -1.17. The number of hydrogen-bond donors (Lipinski definition) is 2. The Hall–Kier alpha value is -4.51. The number of hydrogen-bond acceptors (Lipinski definition) is 7. The third-order valence-electron chi connectivity index (χ3n) is 8.61. The van der Waals surface area contributed by atoms with Crippen LogP contribution >= 0.6 is 23.2 Å². The summed E-state index contributed by atoms with van der Waals surface area (Å²) in [6.07, 6.45) is 6.12. The second kappa shape index (κ2) is 19.4. The van der Waals surface area contributed by atoms with Gasteiger partial charge in [-0.2, -0.15) is 0 Å². The number of halogens is 2. The summed E-state index contributed by atoms with van der Waals surface area (Å²) in [7, 11) is 1.69. The Labute approximate surface area is 315 Å². The highest BCUT2D eigenvalue weighted by atomic mass is 35.5. The summed E-state index contributed by atoms with van der Waals surface area (Å²) >= 11 is 12.5. The number of rotatable bonds is 20. The Morgan fingerprint density at radius 1 is 0.865 bits per heavy atom. The number of nitrogens with one attached hydrogen (secondary N) is 1. The van der Waals surface area contributed by atoms with Crippen molar-refractivity contribution in [3.63, 3.8) is 0 Å². The molecule has 10 nitrogen and oxygen atoms in total. The molecule has 0 radical (unpaired) electrons. The topological polar surface area (TPSA) is 119 Å². The van der Waals surface area contributed by atoms with E-state index >= 15 is 0 Å². The van der Waals surface area contributed by atoms with Gasteiger partial charge in [0.05, 0.1) is 16.0 Å². The Morgan fingerprint density at radius 3 is 2.23 bits per heavy atom. The van der Waals surface area contributed by atoms with E-state index in [2.05, 4.69) is 16.4 Å². The fourth-order valence-electron chi connectivity index (χ4n) is 5.91. The molecule has 2 amide bonds. The monoisotopic (exact) mass is 749 g/mol. The number of carbonyl (C=O) groups is 2. The van der Waals surface area contributed by atoms with Crippen LogP contribution in [-0.2, 0) is 35.5 Å². The molecule has 1 heterocycles. The Morgan fingerprint density at radius 2 is 1.56 bits per heavy atom. The summed E-state index contributed by atoms with van der Waals surface area (Å²) in [5, 5.41) is 12.8. The average molecular weight is 751 g/mol. The molecule has 0 spiro atoms. The van der Waals surface area contributed by atoms with Crippen LogP contribution in [0.15, 0.2) is 79.1 Å². The zero-order valence-electron chi connectivity index (χ0n) is 29.5. The van der Waals surface area contributed by atoms with Crippen molar-refractivity contribution < 1.29 is 33.6 Å². The van der Waals surface area contributed by atoms with E-state index in [1.54, 1.807) is 31.6 Å². The van der Waals surface area contributed by atoms with Gasteiger partial charge in [-0.05, 0) is 115 Å². The number of carbonyl (C=O) groups excluding carboxylic acids is 1. The maximum atomic E-state index is 14.2. The molecule has 1 unspecified atom stereocenters. The molecule has 1 atom stereocenters. The van der Waals surface area contributed by atoms with Crippen molar-refractivity contribution in [3.8, 4) is 17.2 Å². The smallest absolute Gasteiger partial charge is 0.404 e. The number of aromatic nitrogens is 1. The zero-order valence-corrected chi connectivity index (χ0v) is 31.0. The lowest BCUT2D eigenvalue weighted by Gasteiger charge is -2.28. The van der Waals surface area contributed by atoms with E-state index in [-0.39, 0.29) is 31.7 Å². The Kier molecular flexibility index (Phi) is 14.4. The molecular weight excluding hydrogens is 705 g/mol. The fourth-order valence-corrected chi connectivity index (χ4v) is 6.61. The van der Waals surface area contributed by atoms with Crippen LogP contribution in [0.2, 0.25) is 10.0 Å². The normalized spacial score (nSPS) is 12.9. The minimum Gasteiger partial charge on any atom is -0.490 e. The summed E-state index contributed by atoms with van der Waals surface area (Å²) < 4.78 is 23.1. The van der Waals surface area contributed by atoms with E-state index < -0.39 is 12.0 Å². The standard InChI is InChI=1S/C40H45Cl2N3O7/c1-27-18-36(41)38(37(42)19-27)51-17-16-50-34-9-5-28(6-10-34)21-32(24-44-40(47)48)39(46)45(33-7-8-33)25-31-20-30(4-3-15-49-2)22-35(23-31)52-26-29-11-13-43-14-12-29/h5-6,9-14,18-20,22-23,32-33,44H,3-4,7-8,15-17,21,24-26H2,1-2H3,(H,47,48). The molecule has 12 heteroatoms. The largest absolute Gasteiger partial charge is 0.490 e. The van der Waals surface area contributed by atoms with Crippen LogP contribution < -0.4 is 19.5 Å². The van der Waals surface area contributed by atoms with E-state index in [4.69, 9.17) is 42.1 Å². The third kappa shape index (κ3) is 12.0. The van der Waals surface area contributed by atoms with E-state index in [0.717, 1.165) is 59.3 Å². The fraction of sp³-hybridized carbons (Fsp3) is 0.375. The molecule has 1 aromatic heterocycles. The van der Waals surface area contributed by atoms with Gasteiger partial charge in [0.2, 0.25) is 5.91 Å². The minimum absolute atomic E-state index is 0.00550. The molecule has 0 saturated heterocycles. The van der Waals surface area contributed by atoms with Crippen molar-refractivity contribution in [3.05, 3.63) is 117 Å². The van der Waals surface area contributed by atoms with Crippen LogP contribution in [0.25, 0.3) is 0 Å². The lowest BCUT2D eigenvalue weighted by Crippen LogP contribution is -2.43. The number of amides is 2. The first-order valence-corrected chi connectivity index (χ1v) is 18.1. The zero-order chi connectivity index (χ0) is 36.9. The quantitative estimate of drug-likeness (QED) is 0.0875. The molecule has 1 fully saturated rings. The predicted octanol–water partition coefficient (Wildman–Crippen LogP) is 7.93. The third-order valence-corrected chi connectivity index (χ3v) is 9.18. The van der Waals surface area contributed by atoms with Gasteiger partial charge < -0.3 is 34.3 Å². The molecule has 1 saturated carbocycles. The summed E-state index contributed by atoms with van der Waals surface area (Å²) in [4.78, 5) is 31.8. The highest BCUT2D eigenvalue weighted by Gasteiger charge is 2.36. The second-order valence-electron chi connectivity index (χ2n) is 12.9. The number of benzene rings is 3. The predicted molar refractivity (Wildman–Crippen MR) is 201 cm³/mol. The molecule has 3 aromatic carbocycles. The maximum absolute atomic E-state index is 14.2. The van der Waals surface area contributed by atoms with E-state index in [9.17, 15) is 14.7 Å². The molecule has 5 rings (SSSR count). The van der Waals surface area contributed by atoms with Crippen LogP contribution in [0, 0.1) is 12.8 Å². The van der Waals surface area contributed by atoms with E-state index in [1.807, 2.05) is 60.4 Å². The summed E-state index contributed by atoms with van der Waals surface area (Å²) in [6, 6.07) is 21.1. The highest BCUT2D eigenvalue weighted by Crippen LogP contribution is 2.34. The first-order chi connectivity index (χ1) is 25.2. The molecule has 276 valence electrons. The summed E-state index contributed by atoms with van der Waals surface area (Å²) in [5.41, 5.74) is 4.89. The van der Waals surface area contributed by atoms with Crippen LogP contribution in [0.4, 0.5) is 4.79 Å². The number of nitrogens with zero attached hydrogens (tertiary/aromatic N) is 2. The summed E-state index contributed by atoms with van der Waals surface area (Å²) in [6.45, 7) is 3.84. The van der Waals surface area contributed by atoms with E-state index in [1.165, 1.54) is 0 Å². The summed E-state index contributed by atoms with van der Waals surface area (Å²) in [5.74, 6) is 1.08. The Balaban J connectivity index is 1.24. The van der Waals surface area contributed by atoms with Crippen LogP contribution in [-0.4, -0.2) is 66.5 Å². The van der Waals surface area contributed by atoms with Gasteiger partial charge in [-0.3, -0.25) is 9.78 Å². The van der Waals surface area contributed by atoms with E-state index in [0.29, 0.717) is 47.7 Å². The van der Waals surface area contributed by atoms with Crippen molar-refractivity contribution in [1.82, 2.24) is 15.2 Å². The van der Waals surface area contributed by atoms with Gasteiger partial charge >= 0.3 is 6.09 Å². The first kappa shape index (κ1) is 38.7. The van der Waals surface area contributed by atoms with Crippen LogP contribution in [0.5, 0.6) is 17.2 Å². The Bertz CT molecular complexity index is 1750. The SMILES string of the molecule is COCCCc1cc(CN(C(=O)C(CNC(=O)O)Cc2ccc(OCCOc3c(Cl)cc(C)cc3Cl)cc2)C2CC2)cc(OCc2ccncc2)c1.